The van der Waals surface area contributed by atoms with Crippen molar-refractivity contribution in [3.63, 3.8) is 0 Å². The fraction of sp³-hybridized carbons (Fsp3) is 0.273. The number of pyridine rings is 1. The molecule has 3 nitrogen and oxygen atoms in total. The Morgan fingerprint density at radius 2 is 1.93 bits per heavy atom. The number of hydrogen-bond acceptors (Lipinski definition) is 2. The lowest BCUT2D eigenvalue weighted by atomic mass is 10.2. The summed E-state index contributed by atoms with van der Waals surface area (Å²) in [6.45, 7) is 4.98. The Hall–Kier alpha value is -1.64. The zero-order valence-corrected chi connectivity index (χ0v) is 8.44. The predicted octanol–water partition coefficient (Wildman–Crippen LogP) is 1.94. The summed E-state index contributed by atoms with van der Waals surface area (Å²) in [6.07, 6.45) is 5.51. The van der Waals surface area contributed by atoms with Crippen LogP contribution in [0.1, 0.15) is 17.0 Å². The van der Waals surface area contributed by atoms with Gasteiger partial charge in [-0.25, -0.2) is 4.98 Å². The quantitative estimate of drug-likeness (QED) is 0.719. The lowest BCUT2D eigenvalue weighted by Crippen LogP contribution is -2.00. The molecule has 0 saturated carbocycles. The maximum Gasteiger partial charge on any atom is 0.0954 e. The second-order valence-electron chi connectivity index (χ2n) is 3.40. The second kappa shape index (κ2) is 3.62. The molecule has 0 aliphatic heterocycles. The van der Waals surface area contributed by atoms with E-state index in [1.54, 1.807) is 0 Å². The average Bonchev–Trinajstić information content (AvgIpc) is 2.52. The number of nitrogens with zero attached hydrogens (tertiary/aromatic N) is 3. The minimum atomic E-state index is 0.870. The van der Waals surface area contributed by atoms with Gasteiger partial charge >= 0.3 is 0 Å². The number of aryl methyl sites for hydroxylation is 1. The largest absolute Gasteiger partial charge is 0.330 e. The van der Waals surface area contributed by atoms with Crippen molar-refractivity contribution < 1.29 is 0 Å². The Bertz CT molecular complexity index is 417. The van der Waals surface area contributed by atoms with Crippen molar-refractivity contribution in [3.8, 4) is 0 Å². The van der Waals surface area contributed by atoms with Crippen molar-refractivity contribution in [2.45, 2.75) is 20.4 Å². The number of imidazole rings is 1. The van der Waals surface area contributed by atoms with Gasteiger partial charge in [0, 0.05) is 24.6 Å². The number of rotatable bonds is 2. The van der Waals surface area contributed by atoms with Gasteiger partial charge in [-0.3, -0.25) is 4.98 Å². The molecule has 2 aromatic rings. The molecule has 72 valence electrons. The minimum absolute atomic E-state index is 0.870. The molecule has 0 atom stereocenters. The normalized spacial score (nSPS) is 10.4. The van der Waals surface area contributed by atoms with Crippen molar-refractivity contribution in [1.29, 1.82) is 0 Å². The van der Waals surface area contributed by atoms with Gasteiger partial charge in [0.1, 0.15) is 0 Å². The Balaban J connectivity index is 2.23. The molecule has 2 rings (SSSR count). The first-order valence-electron chi connectivity index (χ1n) is 4.64. The Morgan fingerprint density at radius 1 is 1.21 bits per heavy atom. The van der Waals surface area contributed by atoms with Gasteiger partial charge in [0.15, 0.2) is 0 Å². The van der Waals surface area contributed by atoms with E-state index >= 15 is 0 Å². The molecular formula is C11H13N3. The van der Waals surface area contributed by atoms with Crippen molar-refractivity contribution in [3.05, 3.63) is 47.8 Å². The van der Waals surface area contributed by atoms with E-state index < -0.39 is 0 Å². The summed E-state index contributed by atoms with van der Waals surface area (Å²) in [7, 11) is 0. The van der Waals surface area contributed by atoms with Gasteiger partial charge in [-0.2, -0.15) is 0 Å². The zero-order valence-electron chi connectivity index (χ0n) is 8.44. The maximum atomic E-state index is 4.26. The van der Waals surface area contributed by atoms with E-state index in [-0.39, 0.29) is 0 Å². The molecule has 0 aromatic carbocycles. The summed E-state index contributed by atoms with van der Waals surface area (Å²) in [5, 5.41) is 0. The monoisotopic (exact) mass is 187 g/mol. The molecule has 0 aliphatic rings. The highest BCUT2D eigenvalue weighted by Gasteiger charge is 2.01. The second-order valence-corrected chi connectivity index (χ2v) is 3.40. The minimum Gasteiger partial charge on any atom is -0.330 e. The molecule has 0 saturated heterocycles. The van der Waals surface area contributed by atoms with Crippen LogP contribution in [0.5, 0.6) is 0 Å². The topological polar surface area (TPSA) is 30.7 Å². The first-order valence-corrected chi connectivity index (χ1v) is 4.64. The molecule has 2 heterocycles. The van der Waals surface area contributed by atoms with Crippen LogP contribution in [-0.2, 0) is 6.54 Å². The standard InChI is InChI=1S/C11H13N3/c1-9-10(2)14(8-13-9)7-11-3-5-12-6-4-11/h3-6,8H,7H2,1-2H3. The van der Waals surface area contributed by atoms with Crippen LogP contribution < -0.4 is 0 Å². The van der Waals surface area contributed by atoms with E-state index in [4.69, 9.17) is 0 Å². The van der Waals surface area contributed by atoms with E-state index in [1.807, 2.05) is 37.8 Å². The predicted molar refractivity (Wildman–Crippen MR) is 55.0 cm³/mol. The fourth-order valence-electron chi connectivity index (χ4n) is 1.39. The Labute approximate surface area is 83.4 Å². The zero-order chi connectivity index (χ0) is 9.97. The number of hydrogen-bond donors (Lipinski definition) is 0. The Morgan fingerprint density at radius 3 is 2.50 bits per heavy atom. The van der Waals surface area contributed by atoms with Crippen molar-refractivity contribution in [1.82, 2.24) is 14.5 Å². The SMILES string of the molecule is Cc1ncn(Cc2ccncc2)c1C. The summed E-state index contributed by atoms with van der Waals surface area (Å²) in [6, 6.07) is 4.05. The van der Waals surface area contributed by atoms with Crippen molar-refractivity contribution in [2.75, 3.05) is 0 Å². The van der Waals surface area contributed by atoms with Gasteiger partial charge in [0.2, 0.25) is 0 Å². The molecule has 0 fully saturated rings. The van der Waals surface area contributed by atoms with Gasteiger partial charge in [0.25, 0.3) is 0 Å². The average molecular weight is 187 g/mol. The third-order valence-electron chi connectivity index (χ3n) is 2.45. The van der Waals surface area contributed by atoms with E-state index in [2.05, 4.69) is 21.5 Å². The van der Waals surface area contributed by atoms with Crippen LogP contribution in [0.25, 0.3) is 0 Å². The molecule has 0 amide bonds. The Kier molecular flexibility index (Phi) is 2.31. The highest BCUT2D eigenvalue weighted by atomic mass is 15.0. The molecule has 0 unspecified atom stereocenters. The van der Waals surface area contributed by atoms with Gasteiger partial charge in [0.05, 0.1) is 12.0 Å². The van der Waals surface area contributed by atoms with Gasteiger partial charge in [-0.1, -0.05) is 0 Å². The summed E-state index contributed by atoms with van der Waals surface area (Å²) in [5.74, 6) is 0. The van der Waals surface area contributed by atoms with E-state index in [0.717, 1.165) is 12.2 Å². The fourth-order valence-corrected chi connectivity index (χ4v) is 1.39. The lowest BCUT2D eigenvalue weighted by molar-refractivity contribution is 0.767. The first-order chi connectivity index (χ1) is 6.77. The molecule has 0 N–H and O–H groups in total. The van der Waals surface area contributed by atoms with Crippen LogP contribution in [0.4, 0.5) is 0 Å². The first kappa shape index (κ1) is 8.94. The maximum absolute atomic E-state index is 4.26. The third-order valence-corrected chi connectivity index (χ3v) is 2.45. The van der Waals surface area contributed by atoms with Crippen LogP contribution in [0.3, 0.4) is 0 Å². The van der Waals surface area contributed by atoms with Crippen LogP contribution >= 0.6 is 0 Å². The summed E-state index contributed by atoms with van der Waals surface area (Å²) < 4.78 is 2.14. The van der Waals surface area contributed by atoms with Crippen LogP contribution in [0.15, 0.2) is 30.9 Å². The van der Waals surface area contributed by atoms with E-state index in [1.165, 1.54) is 11.3 Å². The van der Waals surface area contributed by atoms with E-state index in [9.17, 15) is 0 Å². The third kappa shape index (κ3) is 1.66. The molecule has 0 radical (unpaired) electrons. The van der Waals surface area contributed by atoms with Crippen LogP contribution in [-0.4, -0.2) is 14.5 Å². The highest BCUT2D eigenvalue weighted by molar-refractivity contribution is 5.14. The smallest absolute Gasteiger partial charge is 0.0954 e. The van der Waals surface area contributed by atoms with Crippen LogP contribution in [0, 0.1) is 13.8 Å². The number of aromatic nitrogens is 3. The molecule has 14 heavy (non-hydrogen) atoms. The van der Waals surface area contributed by atoms with Crippen molar-refractivity contribution >= 4 is 0 Å². The van der Waals surface area contributed by atoms with Gasteiger partial charge in [-0.05, 0) is 31.5 Å². The molecule has 0 aliphatic carbocycles. The molecule has 2 aromatic heterocycles. The van der Waals surface area contributed by atoms with Crippen LogP contribution in [0.2, 0.25) is 0 Å². The molecule has 3 heteroatoms. The molecular weight excluding hydrogens is 174 g/mol. The van der Waals surface area contributed by atoms with Crippen molar-refractivity contribution in [2.24, 2.45) is 0 Å². The summed E-state index contributed by atoms with van der Waals surface area (Å²) in [5.41, 5.74) is 3.57. The molecule has 0 bridgehead atoms. The van der Waals surface area contributed by atoms with Gasteiger partial charge in [-0.15, -0.1) is 0 Å². The molecule has 0 spiro atoms. The highest BCUT2D eigenvalue weighted by Crippen LogP contribution is 2.07. The lowest BCUT2D eigenvalue weighted by Gasteiger charge is -2.04. The summed E-state index contributed by atoms with van der Waals surface area (Å²) in [4.78, 5) is 8.25. The van der Waals surface area contributed by atoms with Gasteiger partial charge < -0.3 is 4.57 Å². The van der Waals surface area contributed by atoms with E-state index in [0.29, 0.717) is 0 Å². The summed E-state index contributed by atoms with van der Waals surface area (Å²) >= 11 is 0.